The highest BCUT2D eigenvalue weighted by Crippen LogP contribution is 2.23. The smallest absolute Gasteiger partial charge is 0.122 e. The average molecular weight is 209 g/mol. The molecule has 15 heavy (non-hydrogen) atoms. The third-order valence-electron chi connectivity index (χ3n) is 2.30. The van der Waals surface area contributed by atoms with E-state index >= 15 is 0 Å². The highest BCUT2D eigenvalue weighted by Gasteiger charge is 2.03. The van der Waals surface area contributed by atoms with Gasteiger partial charge in [-0.1, -0.05) is 0 Å². The summed E-state index contributed by atoms with van der Waals surface area (Å²) in [5, 5.41) is 0. The Morgan fingerprint density at radius 1 is 1.13 bits per heavy atom. The van der Waals surface area contributed by atoms with Crippen molar-refractivity contribution < 1.29 is 9.47 Å². The van der Waals surface area contributed by atoms with Crippen LogP contribution in [0, 0.1) is 0 Å². The largest absolute Gasteiger partial charge is 0.497 e. The van der Waals surface area contributed by atoms with E-state index in [1.54, 1.807) is 14.2 Å². The van der Waals surface area contributed by atoms with E-state index in [0.29, 0.717) is 0 Å². The van der Waals surface area contributed by atoms with Crippen molar-refractivity contribution in [2.45, 2.75) is 25.8 Å². The van der Waals surface area contributed by atoms with Crippen molar-refractivity contribution in [3.05, 3.63) is 23.8 Å². The van der Waals surface area contributed by atoms with Crippen LogP contribution >= 0.6 is 0 Å². The fourth-order valence-electron chi connectivity index (χ4n) is 1.41. The molecule has 0 fully saturated rings. The van der Waals surface area contributed by atoms with Gasteiger partial charge in [-0.3, -0.25) is 0 Å². The van der Waals surface area contributed by atoms with Crippen LogP contribution in [0.25, 0.3) is 0 Å². The number of hydrogen-bond acceptors (Lipinski definition) is 3. The number of ether oxygens (including phenoxy) is 2. The molecule has 3 nitrogen and oxygen atoms in total. The Hall–Kier alpha value is -1.22. The van der Waals surface area contributed by atoms with E-state index < -0.39 is 0 Å². The molecule has 0 saturated heterocycles. The first kappa shape index (κ1) is 11.9. The number of hydrogen-bond donors (Lipinski definition) is 1. The van der Waals surface area contributed by atoms with Crippen molar-refractivity contribution in [1.82, 2.24) is 0 Å². The predicted molar refractivity (Wildman–Crippen MR) is 61.5 cm³/mol. The summed E-state index contributed by atoms with van der Waals surface area (Å²) in [6, 6.07) is 6.13. The summed E-state index contributed by atoms with van der Waals surface area (Å²) >= 11 is 0. The van der Waals surface area contributed by atoms with Gasteiger partial charge in [0.15, 0.2) is 0 Å². The molecule has 1 atom stereocenters. The molecule has 0 saturated carbocycles. The highest BCUT2D eigenvalue weighted by atomic mass is 16.5. The zero-order valence-corrected chi connectivity index (χ0v) is 9.62. The highest BCUT2D eigenvalue weighted by molar-refractivity contribution is 5.38. The van der Waals surface area contributed by atoms with E-state index in [-0.39, 0.29) is 6.04 Å². The van der Waals surface area contributed by atoms with Gasteiger partial charge in [0, 0.05) is 12.1 Å². The van der Waals surface area contributed by atoms with E-state index in [1.807, 2.05) is 25.1 Å². The summed E-state index contributed by atoms with van der Waals surface area (Å²) in [5.41, 5.74) is 6.92. The van der Waals surface area contributed by atoms with Crippen LogP contribution in [0.15, 0.2) is 18.2 Å². The van der Waals surface area contributed by atoms with E-state index in [9.17, 15) is 0 Å². The molecule has 0 unspecified atom stereocenters. The van der Waals surface area contributed by atoms with Crippen LogP contribution in [0.2, 0.25) is 0 Å². The lowest BCUT2D eigenvalue weighted by atomic mass is 10.1. The third-order valence-corrected chi connectivity index (χ3v) is 2.30. The van der Waals surface area contributed by atoms with Crippen molar-refractivity contribution >= 4 is 0 Å². The average Bonchev–Trinajstić information content (AvgIpc) is 2.25. The van der Waals surface area contributed by atoms with Crippen LogP contribution in [0.1, 0.15) is 18.9 Å². The maximum atomic E-state index is 5.72. The van der Waals surface area contributed by atoms with Gasteiger partial charge in [-0.25, -0.2) is 0 Å². The molecule has 0 spiro atoms. The maximum absolute atomic E-state index is 5.72. The quantitative estimate of drug-likeness (QED) is 0.806. The summed E-state index contributed by atoms with van der Waals surface area (Å²) in [7, 11) is 3.31. The monoisotopic (exact) mass is 209 g/mol. The maximum Gasteiger partial charge on any atom is 0.122 e. The summed E-state index contributed by atoms with van der Waals surface area (Å²) in [6.07, 6.45) is 1.92. The van der Waals surface area contributed by atoms with Gasteiger partial charge < -0.3 is 15.2 Å². The molecular weight excluding hydrogens is 190 g/mol. The van der Waals surface area contributed by atoms with Gasteiger partial charge in [0.05, 0.1) is 14.2 Å². The molecule has 1 aromatic rings. The Morgan fingerprint density at radius 3 is 2.07 bits per heavy atom. The topological polar surface area (TPSA) is 44.5 Å². The SMILES string of the molecule is COc1cc(CC[C@H](C)N)cc(OC)c1. The molecule has 0 aliphatic heterocycles. The second kappa shape index (κ2) is 5.61. The van der Waals surface area contributed by atoms with Gasteiger partial charge in [-0.05, 0) is 37.5 Å². The zero-order valence-electron chi connectivity index (χ0n) is 9.62. The predicted octanol–water partition coefficient (Wildman–Crippen LogP) is 1.98. The van der Waals surface area contributed by atoms with Crippen LogP contribution in [0.5, 0.6) is 11.5 Å². The number of nitrogens with two attached hydrogens (primary N) is 1. The van der Waals surface area contributed by atoms with Gasteiger partial charge >= 0.3 is 0 Å². The van der Waals surface area contributed by atoms with E-state index in [0.717, 1.165) is 24.3 Å². The van der Waals surface area contributed by atoms with Crippen LogP contribution in [-0.2, 0) is 6.42 Å². The number of aryl methyl sites for hydroxylation is 1. The molecule has 2 N–H and O–H groups in total. The van der Waals surface area contributed by atoms with Crippen molar-refractivity contribution in [1.29, 1.82) is 0 Å². The Labute approximate surface area is 91.2 Å². The first-order valence-electron chi connectivity index (χ1n) is 5.13. The minimum atomic E-state index is 0.224. The zero-order chi connectivity index (χ0) is 11.3. The minimum absolute atomic E-state index is 0.224. The third kappa shape index (κ3) is 3.80. The molecule has 1 aromatic carbocycles. The van der Waals surface area contributed by atoms with E-state index in [2.05, 4.69) is 0 Å². The van der Waals surface area contributed by atoms with Crippen molar-refractivity contribution in [3.63, 3.8) is 0 Å². The summed E-state index contributed by atoms with van der Waals surface area (Å²) in [5.74, 6) is 1.66. The lowest BCUT2D eigenvalue weighted by Gasteiger charge is -2.09. The number of rotatable bonds is 5. The van der Waals surface area contributed by atoms with Crippen molar-refractivity contribution in [2.24, 2.45) is 5.73 Å². The fourth-order valence-corrected chi connectivity index (χ4v) is 1.41. The van der Waals surface area contributed by atoms with Gasteiger partial charge in [-0.15, -0.1) is 0 Å². The molecule has 0 aliphatic carbocycles. The van der Waals surface area contributed by atoms with Crippen molar-refractivity contribution in [3.8, 4) is 11.5 Å². The Morgan fingerprint density at radius 2 is 1.67 bits per heavy atom. The number of benzene rings is 1. The van der Waals surface area contributed by atoms with Gasteiger partial charge in [0.2, 0.25) is 0 Å². The standard InChI is InChI=1S/C12H19NO2/c1-9(13)4-5-10-6-11(14-2)8-12(7-10)15-3/h6-9H,4-5,13H2,1-3H3/t9-/m0/s1. The second-order valence-corrected chi connectivity index (χ2v) is 3.74. The Kier molecular flexibility index (Phi) is 4.43. The molecule has 0 amide bonds. The molecule has 0 bridgehead atoms. The lowest BCUT2D eigenvalue weighted by Crippen LogP contribution is -2.15. The Balaban J connectivity index is 2.77. The summed E-state index contributed by atoms with van der Waals surface area (Å²) in [6.45, 7) is 2.01. The Bertz CT molecular complexity index is 288. The normalized spacial score (nSPS) is 12.3. The van der Waals surface area contributed by atoms with Crippen LogP contribution in [0.3, 0.4) is 0 Å². The molecular formula is C12H19NO2. The first-order chi connectivity index (χ1) is 7.15. The van der Waals surface area contributed by atoms with Gasteiger partial charge in [0.1, 0.15) is 11.5 Å². The summed E-state index contributed by atoms with van der Waals surface area (Å²) < 4.78 is 10.4. The molecule has 3 heteroatoms. The van der Waals surface area contributed by atoms with Crippen LogP contribution in [0.4, 0.5) is 0 Å². The first-order valence-corrected chi connectivity index (χ1v) is 5.13. The number of methoxy groups -OCH3 is 2. The molecule has 0 heterocycles. The minimum Gasteiger partial charge on any atom is -0.497 e. The van der Waals surface area contributed by atoms with Gasteiger partial charge in [0.25, 0.3) is 0 Å². The molecule has 84 valence electrons. The van der Waals surface area contributed by atoms with E-state index in [4.69, 9.17) is 15.2 Å². The van der Waals surface area contributed by atoms with Crippen molar-refractivity contribution in [2.75, 3.05) is 14.2 Å². The van der Waals surface area contributed by atoms with E-state index in [1.165, 1.54) is 5.56 Å². The van der Waals surface area contributed by atoms with Crippen LogP contribution < -0.4 is 15.2 Å². The second-order valence-electron chi connectivity index (χ2n) is 3.74. The van der Waals surface area contributed by atoms with Gasteiger partial charge in [-0.2, -0.15) is 0 Å². The summed E-state index contributed by atoms with van der Waals surface area (Å²) in [4.78, 5) is 0. The molecule has 1 rings (SSSR count). The molecule has 0 aliphatic rings. The van der Waals surface area contributed by atoms with Crippen LogP contribution in [-0.4, -0.2) is 20.3 Å². The lowest BCUT2D eigenvalue weighted by molar-refractivity contribution is 0.393. The fraction of sp³-hybridized carbons (Fsp3) is 0.500. The molecule has 0 aromatic heterocycles. The molecule has 0 radical (unpaired) electrons.